The molecule has 0 aliphatic carbocycles. The number of phenolic OH excluding ortho intramolecular Hbond substituents is 1. The Hall–Kier alpha value is -1.55. The summed E-state index contributed by atoms with van der Waals surface area (Å²) in [5.41, 5.74) is 0.472. The summed E-state index contributed by atoms with van der Waals surface area (Å²) in [4.78, 5) is 10.5. The van der Waals surface area contributed by atoms with Gasteiger partial charge in [-0.15, -0.1) is 0 Å². The third-order valence-electron chi connectivity index (χ3n) is 1.95. The molecule has 1 heterocycles. The summed E-state index contributed by atoms with van der Waals surface area (Å²) in [5.74, 6) is 0.115. The van der Waals surface area contributed by atoms with Gasteiger partial charge in [-0.3, -0.25) is 4.79 Å². The van der Waals surface area contributed by atoms with E-state index >= 15 is 0 Å². The van der Waals surface area contributed by atoms with E-state index in [1.807, 2.05) is 0 Å². The van der Waals surface area contributed by atoms with Crippen LogP contribution in [0.1, 0.15) is 10.4 Å². The SMILES string of the molecule is COc1cc2c(O)cc(C=O)cc2s1. The van der Waals surface area contributed by atoms with Crippen LogP contribution in [0.4, 0.5) is 0 Å². The lowest BCUT2D eigenvalue weighted by molar-refractivity contribution is 0.112. The van der Waals surface area contributed by atoms with Gasteiger partial charge in [0.2, 0.25) is 0 Å². The molecule has 0 unspecified atom stereocenters. The van der Waals surface area contributed by atoms with Crippen LogP contribution >= 0.6 is 11.3 Å². The van der Waals surface area contributed by atoms with Crippen LogP contribution in [-0.4, -0.2) is 18.5 Å². The highest BCUT2D eigenvalue weighted by Gasteiger charge is 2.07. The van der Waals surface area contributed by atoms with Crippen molar-refractivity contribution in [3.63, 3.8) is 0 Å². The molecule has 2 aromatic rings. The summed E-state index contributed by atoms with van der Waals surface area (Å²) < 4.78 is 5.90. The number of methoxy groups -OCH3 is 1. The molecular formula is C10H8O3S. The van der Waals surface area contributed by atoms with Crippen molar-refractivity contribution in [2.24, 2.45) is 0 Å². The highest BCUT2D eigenvalue weighted by atomic mass is 32.1. The monoisotopic (exact) mass is 208 g/mol. The van der Waals surface area contributed by atoms with Crippen molar-refractivity contribution in [1.29, 1.82) is 0 Å². The van der Waals surface area contributed by atoms with Gasteiger partial charge in [0, 0.05) is 21.7 Å². The number of hydrogen-bond acceptors (Lipinski definition) is 4. The van der Waals surface area contributed by atoms with Gasteiger partial charge in [-0.2, -0.15) is 0 Å². The second-order valence-corrected chi connectivity index (χ2v) is 3.89. The van der Waals surface area contributed by atoms with Gasteiger partial charge in [0.25, 0.3) is 0 Å². The zero-order valence-electron chi connectivity index (χ0n) is 7.48. The minimum Gasteiger partial charge on any atom is -0.507 e. The number of rotatable bonds is 2. The number of benzene rings is 1. The lowest BCUT2D eigenvalue weighted by Crippen LogP contribution is -1.77. The molecule has 0 aliphatic heterocycles. The molecule has 0 atom stereocenters. The van der Waals surface area contributed by atoms with Crippen molar-refractivity contribution >= 4 is 27.7 Å². The van der Waals surface area contributed by atoms with Crippen molar-refractivity contribution < 1.29 is 14.6 Å². The first-order valence-electron chi connectivity index (χ1n) is 4.00. The maximum Gasteiger partial charge on any atom is 0.174 e. The molecule has 1 N–H and O–H groups in total. The molecule has 3 nitrogen and oxygen atoms in total. The largest absolute Gasteiger partial charge is 0.507 e. The summed E-state index contributed by atoms with van der Waals surface area (Å²) in [6, 6.07) is 4.93. The van der Waals surface area contributed by atoms with Crippen LogP contribution in [0.5, 0.6) is 10.8 Å². The Balaban J connectivity index is 2.73. The van der Waals surface area contributed by atoms with E-state index in [4.69, 9.17) is 4.74 Å². The van der Waals surface area contributed by atoms with Crippen molar-refractivity contribution in [2.45, 2.75) is 0 Å². The lowest BCUT2D eigenvalue weighted by Gasteiger charge is -1.95. The number of ether oxygens (including phenoxy) is 1. The van der Waals surface area contributed by atoms with E-state index in [1.54, 1.807) is 19.2 Å². The normalized spacial score (nSPS) is 10.4. The molecule has 14 heavy (non-hydrogen) atoms. The Morgan fingerprint density at radius 2 is 2.21 bits per heavy atom. The summed E-state index contributed by atoms with van der Waals surface area (Å²) in [7, 11) is 1.57. The summed E-state index contributed by atoms with van der Waals surface area (Å²) >= 11 is 1.40. The van der Waals surface area contributed by atoms with Crippen LogP contribution in [0, 0.1) is 0 Å². The second kappa shape index (κ2) is 3.31. The molecule has 72 valence electrons. The van der Waals surface area contributed by atoms with Gasteiger partial charge in [-0.25, -0.2) is 0 Å². The van der Waals surface area contributed by atoms with E-state index in [0.29, 0.717) is 11.8 Å². The third-order valence-corrected chi connectivity index (χ3v) is 3.00. The Labute approximate surface area is 84.6 Å². The number of hydrogen-bond donors (Lipinski definition) is 1. The van der Waals surface area contributed by atoms with E-state index in [1.165, 1.54) is 17.4 Å². The van der Waals surface area contributed by atoms with Crippen molar-refractivity contribution in [2.75, 3.05) is 7.11 Å². The highest BCUT2D eigenvalue weighted by Crippen LogP contribution is 2.37. The Kier molecular flexibility index (Phi) is 2.13. The lowest BCUT2D eigenvalue weighted by atomic mass is 10.2. The molecule has 0 amide bonds. The topological polar surface area (TPSA) is 46.5 Å². The molecule has 0 saturated heterocycles. The molecule has 1 aromatic heterocycles. The van der Waals surface area contributed by atoms with E-state index < -0.39 is 0 Å². The summed E-state index contributed by atoms with van der Waals surface area (Å²) in [6.45, 7) is 0. The van der Waals surface area contributed by atoms with Crippen molar-refractivity contribution in [3.8, 4) is 10.8 Å². The van der Waals surface area contributed by atoms with E-state index in [2.05, 4.69) is 0 Å². The molecule has 0 aliphatic rings. The maximum absolute atomic E-state index is 10.5. The van der Waals surface area contributed by atoms with Gasteiger partial charge in [-0.1, -0.05) is 11.3 Å². The first kappa shape index (κ1) is 9.02. The van der Waals surface area contributed by atoms with Gasteiger partial charge in [0.15, 0.2) is 5.06 Å². The number of fused-ring (bicyclic) bond motifs is 1. The fourth-order valence-corrected chi connectivity index (χ4v) is 2.23. The van der Waals surface area contributed by atoms with E-state index in [9.17, 15) is 9.90 Å². The Morgan fingerprint density at radius 3 is 2.86 bits per heavy atom. The van der Waals surface area contributed by atoms with Crippen LogP contribution in [0.15, 0.2) is 18.2 Å². The Bertz CT molecular complexity index is 487. The minimum absolute atomic E-state index is 0.115. The van der Waals surface area contributed by atoms with Crippen LogP contribution < -0.4 is 4.74 Å². The maximum atomic E-state index is 10.5. The molecule has 0 fully saturated rings. The van der Waals surface area contributed by atoms with E-state index in [0.717, 1.165) is 15.1 Å². The fraction of sp³-hybridized carbons (Fsp3) is 0.100. The van der Waals surface area contributed by atoms with Crippen LogP contribution in [-0.2, 0) is 0 Å². The number of aromatic hydroxyl groups is 1. The Morgan fingerprint density at radius 1 is 1.43 bits per heavy atom. The average molecular weight is 208 g/mol. The number of carbonyl (C=O) groups excluding carboxylic acids is 1. The van der Waals surface area contributed by atoms with Crippen LogP contribution in [0.25, 0.3) is 10.1 Å². The second-order valence-electron chi connectivity index (χ2n) is 2.84. The standard InChI is InChI=1S/C10H8O3S/c1-13-10-4-7-8(12)2-6(5-11)3-9(7)14-10/h2-5,12H,1H3. The molecule has 0 spiro atoms. The fourth-order valence-electron chi connectivity index (χ4n) is 1.29. The van der Waals surface area contributed by atoms with Crippen LogP contribution in [0.3, 0.4) is 0 Å². The minimum atomic E-state index is 0.115. The van der Waals surface area contributed by atoms with Gasteiger partial charge < -0.3 is 9.84 Å². The molecule has 0 radical (unpaired) electrons. The highest BCUT2D eigenvalue weighted by molar-refractivity contribution is 7.20. The first-order chi connectivity index (χ1) is 6.74. The summed E-state index contributed by atoms with van der Waals surface area (Å²) in [6.07, 6.45) is 0.714. The molecule has 4 heteroatoms. The van der Waals surface area contributed by atoms with Gasteiger partial charge in [-0.05, 0) is 12.1 Å². The predicted molar refractivity (Wildman–Crippen MR) is 55.4 cm³/mol. The number of aldehydes is 1. The zero-order chi connectivity index (χ0) is 10.1. The quantitative estimate of drug-likeness (QED) is 0.771. The molecule has 2 rings (SSSR count). The molecule has 0 bridgehead atoms. The van der Waals surface area contributed by atoms with Crippen molar-refractivity contribution in [1.82, 2.24) is 0 Å². The third kappa shape index (κ3) is 1.33. The van der Waals surface area contributed by atoms with Gasteiger partial charge in [0.1, 0.15) is 12.0 Å². The molecular weight excluding hydrogens is 200 g/mol. The van der Waals surface area contributed by atoms with Gasteiger partial charge >= 0.3 is 0 Å². The molecule has 0 saturated carbocycles. The smallest absolute Gasteiger partial charge is 0.174 e. The molecule has 1 aromatic carbocycles. The average Bonchev–Trinajstić information content (AvgIpc) is 2.61. The van der Waals surface area contributed by atoms with Crippen LogP contribution in [0.2, 0.25) is 0 Å². The zero-order valence-corrected chi connectivity index (χ0v) is 8.30. The van der Waals surface area contributed by atoms with E-state index in [-0.39, 0.29) is 5.75 Å². The number of thiophene rings is 1. The number of phenols is 1. The number of carbonyl (C=O) groups is 1. The van der Waals surface area contributed by atoms with Crippen molar-refractivity contribution in [3.05, 3.63) is 23.8 Å². The summed E-state index contributed by atoms with van der Waals surface area (Å²) in [5, 5.41) is 11.0. The first-order valence-corrected chi connectivity index (χ1v) is 4.82. The predicted octanol–water partition coefficient (Wildman–Crippen LogP) is 2.43. The van der Waals surface area contributed by atoms with Gasteiger partial charge in [0.05, 0.1) is 7.11 Å².